The van der Waals surface area contributed by atoms with Gasteiger partial charge in [0.15, 0.2) is 5.11 Å². The fourth-order valence-electron chi connectivity index (χ4n) is 1.16. The summed E-state index contributed by atoms with van der Waals surface area (Å²) >= 11 is 5.16. The Hall–Kier alpha value is -1.14. The van der Waals surface area contributed by atoms with Gasteiger partial charge >= 0.3 is 0 Å². The topological polar surface area (TPSA) is 51.1 Å². The van der Waals surface area contributed by atoms with Gasteiger partial charge in [-0.15, -0.1) is 0 Å². The first-order chi connectivity index (χ1) is 8.11. The van der Waals surface area contributed by atoms with Crippen molar-refractivity contribution in [2.45, 2.75) is 27.5 Å². The molecule has 0 atom stereocenters. The van der Waals surface area contributed by atoms with Crippen LogP contribution in [0.2, 0.25) is 0 Å². The average molecular weight is 256 g/mol. The maximum absolute atomic E-state index is 5.24. The summed E-state index contributed by atoms with van der Waals surface area (Å²) in [6.07, 6.45) is 3.58. The predicted octanol–water partition coefficient (Wildman–Crippen LogP) is 1.82. The van der Waals surface area contributed by atoms with Crippen molar-refractivity contribution < 1.29 is 4.74 Å². The first-order valence-corrected chi connectivity index (χ1v) is 6.17. The molecule has 2 N–H and O–H groups in total. The number of thiocarbonyl (C=S) groups is 1. The van der Waals surface area contributed by atoms with Crippen molar-refractivity contribution in [2.75, 3.05) is 18.5 Å². The number of hydrogen-bond acceptors (Lipinski definition) is 3. The van der Waals surface area contributed by atoms with Gasteiger partial charge in [-0.2, -0.15) is 5.10 Å². The third kappa shape index (κ3) is 5.65. The van der Waals surface area contributed by atoms with Crippen molar-refractivity contribution in [3.05, 3.63) is 12.4 Å². The lowest BCUT2D eigenvalue weighted by Crippen LogP contribution is -2.31. The number of nitrogens with zero attached hydrogens (tertiary/aromatic N) is 2. The van der Waals surface area contributed by atoms with Gasteiger partial charge < -0.3 is 15.4 Å². The summed E-state index contributed by atoms with van der Waals surface area (Å²) in [7, 11) is 0. The molecular formula is C11H20N4OS. The number of nitrogens with one attached hydrogen (secondary N) is 2. The zero-order chi connectivity index (χ0) is 12.7. The molecule has 96 valence electrons. The summed E-state index contributed by atoms with van der Waals surface area (Å²) in [4.78, 5) is 0. The van der Waals surface area contributed by atoms with Crippen molar-refractivity contribution in [3.8, 4) is 0 Å². The normalized spacial score (nSPS) is 10.6. The molecule has 1 rings (SSSR count). The highest BCUT2D eigenvalue weighted by Crippen LogP contribution is 2.04. The summed E-state index contributed by atoms with van der Waals surface area (Å²) in [6.45, 7) is 8.22. The van der Waals surface area contributed by atoms with Crippen LogP contribution >= 0.6 is 12.2 Å². The zero-order valence-electron chi connectivity index (χ0n) is 10.6. The van der Waals surface area contributed by atoms with Crippen LogP contribution in [-0.4, -0.2) is 28.0 Å². The molecule has 0 radical (unpaired) electrons. The highest BCUT2D eigenvalue weighted by atomic mass is 32.1. The van der Waals surface area contributed by atoms with Crippen LogP contribution in [0, 0.1) is 5.92 Å². The van der Waals surface area contributed by atoms with Gasteiger partial charge in [-0.05, 0) is 25.1 Å². The van der Waals surface area contributed by atoms with Gasteiger partial charge in [0.25, 0.3) is 0 Å². The van der Waals surface area contributed by atoms with Crippen LogP contribution in [0.15, 0.2) is 12.4 Å². The maximum atomic E-state index is 5.24. The second-order valence-corrected chi connectivity index (χ2v) is 4.53. The Bertz CT molecular complexity index is 351. The summed E-state index contributed by atoms with van der Waals surface area (Å²) in [6, 6.07) is 0. The summed E-state index contributed by atoms with van der Waals surface area (Å²) in [5, 5.41) is 11.0. The Morgan fingerprint density at radius 2 is 2.35 bits per heavy atom. The van der Waals surface area contributed by atoms with Crippen molar-refractivity contribution in [3.63, 3.8) is 0 Å². The largest absolute Gasteiger partial charge is 0.362 e. The van der Waals surface area contributed by atoms with Gasteiger partial charge in [0.1, 0.15) is 6.73 Å². The Labute approximate surface area is 108 Å². The van der Waals surface area contributed by atoms with Gasteiger partial charge in [0.05, 0.1) is 18.1 Å². The van der Waals surface area contributed by atoms with Gasteiger partial charge in [-0.25, -0.2) is 4.68 Å². The number of aromatic nitrogens is 2. The van der Waals surface area contributed by atoms with Crippen LogP contribution in [0.1, 0.15) is 20.8 Å². The van der Waals surface area contributed by atoms with Crippen LogP contribution in [0.5, 0.6) is 0 Å². The number of ether oxygens (including phenoxy) is 1. The smallest absolute Gasteiger partial charge is 0.170 e. The molecule has 0 amide bonds. The molecule has 0 fully saturated rings. The lowest BCUT2D eigenvalue weighted by Gasteiger charge is -2.10. The quantitative estimate of drug-likeness (QED) is 0.760. The first-order valence-electron chi connectivity index (χ1n) is 5.77. The summed E-state index contributed by atoms with van der Waals surface area (Å²) < 4.78 is 6.96. The molecule has 1 aromatic rings. The second-order valence-electron chi connectivity index (χ2n) is 4.12. The average Bonchev–Trinajstić information content (AvgIpc) is 2.71. The van der Waals surface area contributed by atoms with Crippen LogP contribution in [0.4, 0.5) is 5.69 Å². The lowest BCUT2D eigenvalue weighted by molar-refractivity contribution is 0.0792. The lowest BCUT2D eigenvalue weighted by atomic mass is 10.2. The molecule has 1 aromatic heterocycles. The Morgan fingerprint density at radius 1 is 1.59 bits per heavy atom. The van der Waals surface area contributed by atoms with Gasteiger partial charge in [-0.1, -0.05) is 13.8 Å². The van der Waals surface area contributed by atoms with E-state index < -0.39 is 0 Å². The third-order valence-electron chi connectivity index (χ3n) is 1.99. The second kappa shape index (κ2) is 7.24. The number of hydrogen-bond donors (Lipinski definition) is 2. The molecule has 5 nitrogen and oxygen atoms in total. The Kier molecular flexibility index (Phi) is 5.93. The molecule has 0 saturated heterocycles. The monoisotopic (exact) mass is 256 g/mol. The first kappa shape index (κ1) is 13.9. The molecule has 0 aliphatic heterocycles. The van der Waals surface area contributed by atoms with E-state index in [0.717, 1.165) is 12.2 Å². The molecule has 0 spiro atoms. The predicted molar refractivity (Wildman–Crippen MR) is 72.9 cm³/mol. The van der Waals surface area contributed by atoms with E-state index >= 15 is 0 Å². The van der Waals surface area contributed by atoms with E-state index in [1.807, 2.05) is 13.1 Å². The van der Waals surface area contributed by atoms with E-state index in [4.69, 9.17) is 17.0 Å². The van der Waals surface area contributed by atoms with Crippen molar-refractivity contribution in [1.82, 2.24) is 15.1 Å². The minimum absolute atomic E-state index is 0.463. The van der Waals surface area contributed by atoms with E-state index in [1.54, 1.807) is 10.9 Å². The van der Waals surface area contributed by atoms with Crippen molar-refractivity contribution >= 4 is 23.0 Å². The maximum Gasteiger partial charge on any atom is 0.170 e. The van der Waals surface area contributed by atoms with Crippen molar-refractivity contribution in [2.24, 2.45) is 5.92 Å². The van der Waals surface area contributed by atoms with Crippen LogP contribution in [-0.2, 0) is 11.5 Å². The highest BCUT2D eigenvalue weighted by molar-refractivity contribution is 7.80. The van der Waals surface area contributed by atoms with Gasteiger partial charge in [0.2, 0.25) is 0 Å². The molecule has 0 bridgehead atoms. The standard InChI is InChI=1S/C11H20N4OS/c1-4-16-8-15-7-10(6-13-15)14-11(17)12-5-9(2)3/h6-7,9H,4-5,8H2,1-3H3,(H2,12,14,17). The number of anilines is 1. The van der Waals surface area contributed by atoms with E-state index in [2.05, 4.69) is 29.6 Å². The zero-order valence-corrected chi connectivity index (χ0v) is 11.4. The molecule has 0 aliphatic rings. The van der Waals surface area contributed by atoms with Gasteiger partial charge in [0, 0.05) is 13.2 Å². The minimum Gasteiger partial charge on any atom is -0.362 e. The van der Waals surface area contributed by atoms with E-state index in [9.17, 15) is 0 Å². The SMILES string of the molecule is CCOCn1cc(NC(=S)NCC(C)C)cn1. The molecule has 6 heteroatoms. The molecular weight excluding hydrogens is 236 g/mol. The molecule has 1 heterocycles. The Morgan fingerprint density at radius 3 is 3.00 bits per heavy atom. The highest BCUT2D eigenvalue weighted by Gasteiger charge is 2.01. The fraction of sp³-hybridized carbons (Fsp3) is 0.636. The summed E-state index contributed by atoms with van der Waals surface area (Å²) in [5.41, 5.74) is 0.867. The third-order valence-corrected chi connectivity index (χ3v) is 2.24. The molecule has 0 unspecified atom stereocenters. The van der Waals surface area contributed by atoms with E-state index in [1.165, 1.54) is 0 Å². The Balaban J connectivity index is 2.35. The van der Waals surface area contributed by atoms with Crippen LogP contribution < -0.4 is 10.6 Å². The van der Waals surface area contributed by atoms with Gasteiger partial charge in [-0.3, -0.25) is 0 Å². The molecule has 0 aliphatic carbocycles. The minimum atomic E-state index is 0.463. The molecule has 0 saturated carbocycles. The van der Waals surface area contributed by atoms with E-state index in [0.29, 0.717) is 24.4 Å². The summed E-state index contributed by atoms with van der Waals surface area (Å²) in [5.74, 6) is 0.565. The van der Waals surface area contributed by atoms with Crippen LogP contribution in [0.25, 0.3) is 0 Å². The van der Waals surface area contributed by atoms with Crippen molar-refractivity contribution in [1.29, 1.82) is 0 Å². The fourth-order valence-corrected chi connectivity index (χ4v) is 1.36. The molecule has 17 heavy (non-hydrogen) atoms. The van der Waals surface area contributed by atoms with Crippen LogP contribution in [0.3, 0.4) is 0 Å². The molecule has 0 aromatic carbocycles. The van der Waals surface area contributed by atoms with E-state index in [-0.39, 0.29) is 0 Å². The number of rotatable bonds is 6.